The minimum absolute atomic E-state index is 0.0720. The van der Waals surface area contributed by atoms with E-state index >= 15 is 0 Å². The number of fused-ring (bicyclic) bond motifs is 1. The van der Waals surface area contributed by atoms with Gasteiger partial charge in [-0.25, -0.2) is 9.78 Å². The van der Waals surface area contributed by atoms with Crippen molar-refractivity contribution >= 4 is 22.7 Å². The van der Waals surface area contributed by atoms with Crippen LogP contribution in [0.25, 0.3) is 22.0 Å². The van der Waals surface area contributed by atoms with Gasteiger partial charge in [0, 0.05) is 11.1 Å². The van der Waals surface area contributed by atoms with E-state index < -0.39 is 40.8 Å². The Labute approximate surface area is 179 Å². The zero-order valence-electron chi connectivity index (χ0n) is 17.2. The molecule has 0 aliphatic heterocycles. The number of carbonyl (C=O) groups excluding carboxylic acids is 1. The Morgan fingerprint density at radius 2 is 1.53 bits per heavy atom. The number of ether oxygens (including phenoxy) is 1. The van der Waals surface area contributed by atoms with Gasteiger partial charge >= 0.3 is 18.4 Å². The predicted octanol–water partition coefficient (Wildman–Crippen LogP) is 7.29. The van der Waals surface area contributed by atoms with Crippen LogP contribution in [-0.4, -0.2) is 16.7 Å². The van der Waals surface area contributed by atoms with Crippen molar-refractivity contribution in [3.63, 3.8) is 0 Å². The van der Waals surface area contributed by atoms with E-state index in [1.165, 1.54) is 30.3 Å². The van der Waals surface area contributed by atoms with E-state index in [4.69, 9.17) is 4.74 Å². The summed E-state index contributed by atoms with van der Waals surface area (Å²) in [6.45, 7) is 5.03. The van der Waals surface area contributed by atoms with Crippen LogP contribution in [0.1, 0.15) is 32.0 Å². The number of pyridine rings is 1. The fourth-order valence-corrected chi connectivity index (χ4v) is 3.02. The maximum absolute atomic E-state index is 13.4. The number of rotatable bonds is 2. The van der Waals surface area contributed by atoms with Gasteiger partial charge < -0.3 is 4.74 Å². The quantitative estimate of drug-likeness (QED) is 0.412. The number of nitrogens with one attached hydrogen (secondary N) is 1. The Balaban J connectivity index is 2.09. The summed E-state index contributed by atoms with van der Waals surface area (Å²) in [5, 5.41) is 2.39. The molecule has 0 saturated carbocycles. The molecule has 0 radical (unpaired) electrons. The van der Waals surface area contributed by atoms with Gasteiger partial charge in [-0.2, -0.15) is 26.3 Å². The number of aromatic nitrogens is 1. The third kappa shape index (κ3) is 5.30. The van der Waals surface area contributed by atoms with Crippen LogP contribution in [0.4, 0.5) is 36.8 Å². The van der Waals surface area contributed by atoms with Crippen LogP contribution in [0.5, 0.6) is 0 Å². The Hall–Kier alpha value is -3.30. The lowest BCUT2D eigenvalue weighted by atomic mass is 9.97. The fourth-order valence-electron chi connectivity index (χ4n) is 3.02. The van der Waals surface area contributed by atoms with Crippen molar-refractivity contribution in [2.45, 2.75) is 38.7 Å². The number of benzene rings is 2. The van der Waals surface area contributed by atoms with Gasteiger partial charge in [-0.3, -0.25) is 5.32 Å². The number of alkyl halides is 6. The van der Waals surface area contributed by atoms with Crippen molar-refractivity contribution in [2.75, 3.05) is 5.32 Å². The van der Waals surface area contributed by atoms with Crippen LogP contribution in [0.15, 0.2) is 48.5 Å². The molecule has 0 unspecified atom stereocenters. The molecule has 3 aromatic rings. The van der Waals surface area contributed by atoms with E-state index in [0.29, 0.717) is 17.8 Å². The minimum Gasteiger partial charge on any atom is -0.444 e. The zero-order chi connectivity index (χ0) is 23.9. The molecule has 1 amide bonds. The van der Waals surface area contributed by atoms with Crippen LogP contribution in [0.3, 0.4) is 0 Å². The third-order valence-electron chi connectivity index (χ3n) is 4.28. The van der Waals surface area contributed by atoms with Crippen LogP contribution in [-0.2, 0) is 17.1 Å². The van der Waals surface area contributed by atoms with Gasteiger partial charge in [0.1, 0.15) is 11.3 Å². The Bertz CT molecular complexity index is 1150. The molecule has 2 aromatic carbocycles. The van der Waals surface area contributed by atoms with Crippen molar-refractivity contribution in [3.05, 3.63) is 59.8 Å². The second-order valence-electron chi connectivity index (χ2n) is 7.96. The molecule has 0 aliphatic carbocycles. The van der Waals surface area contributed by atoms with Gasteiger partial charge in [-0.15, -0.1) is 0 Å². The molecule has 32 heavy (non-hydrogen) atoms. The summed E-state index contributed by atoms with van der Waals surface area (Å²) < 4.78 is 85.5. The van der Waals surface area contributed by atoms with Gasteiger partial charge in [-0.1, -0.05) is 24.3 Å². The standard InChI is InChI=1S/C22H18F6N2O2/c1-20(2,3)32-19(31)29-13-9-7-12(8-10-13)15-11-17(22(26,27)28)30-18-14(15)5-4-6-16(18)21(23,24)25/h4-11H,1-3H3,(H,29,31). The van der Waals surface area contributed by atoms with Gasteiger partial charge in [0.05, 0.1) is 11.1 Å². The lowest BCUT2D eigenvalue weighted by Crippen LogP contribution is -2.27. The highest BCUT2D eigenvalue weighted by atomic mass is 19.4. The van der Waals surface area contributed by atoms with E-state index in [1.54, 1.807) is 20.8 Å². The SMILES string of the molecule is CC(C)(C)OC(=O)Nc1ccc(-c2cc(C(F)(F)F)nc3c(C(F)(F)F)cccc23)cc1. The molecule has 0 atom stereocenters. The summed E-state index contributed by atoms with van der Waals surface area (Å²) in [6, 6.07) is 9.39. The number of carbonyl (C=O) groups is 1. The Kier molecular flexibility index (Phi) is 5.84. The van der Waals surface area contributed by atoms with Gasteiger partial charge in [0.15, 0.2) is 0 Å². The minimum atomic E-state index is -4.94. The number of anilines is 1. The molecule has 3 rings (SSSR count). The van der Waals surface area contributed by atoms with E-state index in [-0.39, 0.29) is 16.5 Å². The van der Waals surface area contributed by atoms with Crippen LogP contribution in [0, 0.1) is 0 Å². The highest BCUT2D eigenvalue weighted by Crippen LogP contribution is 2.40. The summed E-state index contributed by atoms with van der Waals surface area (Å²) in [7, 11) is 0. The lowest BCUT2D eigenvalue weighted by molar-refractivity contribution is -0.142. The van der Waals surface area contributed by atoms with Crippen LogP contribution >= 0.6 is 0 Å². The maximum Gasteiger partial charge on any atom is 0.433 e. The molecular formula is C22H18F6N2O2. The molecule has 0 saturated heterocycles. The molecule has 4 nitrogen and oxygen atoms in total. The first-order valence-electron chi connectivity index (χ1n) is 9.34. The number of para-hydroxylation sites is 1. The molecular weight excluding hydrogens is 438 g/mol. The number of nitrogens with zero attached hydrogens (tertiary/aromatic N) is 1. The molecule has 1 heterocycles. The predicted molar refractivity (Wildman–Crippen MR) is 107 cm³/mol. The number of amides is 1. The first-order valence-corrected chi connectivity index (χ1v) is 9.34. The summed E-state index contributed by atoms with van der Waals surface area (Å²) in [5.74, 6) is 0. The van der Waals surface area contributed by atoms with Gasteiger partial charge in [0.25, 0.3) is 0 Å². The topological polar surface area (TPSA) is 51.2 Å². The zero-order valence-corrected chi connectivity index (χ0v) is 17.2. The number of hydrogen-bond acceptors (Lipinski definition) is 3. The normalized spacial score (nSPS) is 12.7. The van der Waals surface area contributed by atoms with Gasteiger partial charge in [-0.05, 0) is 56.2 Å². The first kappa shape index (κ1) is 23.4. The summed E-state index contributed by atoms with van der Waals surface area (Å²) >= 11 is 0. The fraction of sp³-hybridized carbons (Fsp3) is 0.273. The number of halogens is 6. The molecule has 0 aliphatic rings. The monoisotopic (exact) mass is 456 g/mol. The van der Waals surface area contributed by atoms with Crippen molar-refractivity contribution in [1.82, 2.24) is 4.98 Å². The van der Waals surface area contributed by atoms with Crippen LogP contribution < -0.4 is 5.32 Å². The lowest BCUT2D eigenvalue weighted by Gasteiger charge is -2.19. The van der Waals surface area contributed by atoms with Crippen LogP contribution in [0.2, 0.25) is 0 Å². The number of hydrogen-bond donors (Lipinski definition) is 1. The molecule has 1 aromatic heterocycles. The van der Waals surface area contributed by atoms with Crippen molar-refractivity contribution < 1.29 is 35.9 Å². The molecule has 0 fully saturated rings. The second kappa shape index (κ2) is 7.99. The molecule has 170 valence electrons. The molecule has 0 bridgehead atoms. The molecule has 10 heteroatoms. The largest absolute Gasteiger partial charge is 0.444 e. The maximum atomic E-state index is 13.4. The third-order valence-corrected chi connectivity index (χ3v) is 4.28. The average Bonchev–Trinajstić information content (AvgIpc) is 2.64. The first-order chi connectivity index (χ1) is 14.6. The van der Waals surface area contributed by atoms with E-state index in [1.807, 2.05) is 0 Å². The van der Waals surface area contributed by atoms with E-state index in [9.17, 15) is 31.1 Å². The highest BCUT2D eigenvalue weighted by molar-refractivity contribution is 5.97. The summed E-state index contributed by atoms with van der Waals surface area (Å²) in [4.78, 5) is 15.1. The van der Waals surface area contributed by atoms with Gasteiger partial charge in [0.2, 0.25) is 0 Å². The van der Waals surface area contributed by atoms with E-state index in [0.717, 1.165) is 6.07 Å². The molecule has 0 spiro atoms. The van der Waals surface area contributed by atoms with Crippen molar-refractivity contribution in [2.24, 2.45) is 0 Å². The second-order valence-corrected chi connectivity index (χ2v) is 7.96. The average molecular weight is 456 g/mol. The highest BCUT2D eigenvalue weighted by Gasteiger charge is 2.37. The Morgan fingerprint density at radius 1 is 0.906 bits per heavy atom. The molecule has 1 N–H and O–H groups in total. The van der Waals surface area contributed by atoms with Crippen molar-refractivity contribution in [1.29, 1.82) is 0 Å². The summed E-state index contributed by atoms with van der Waals surface area (Å²) in [5.41, 5.74) is -3.77. The summed E-state index contributed by atoms with van der Waals surface area (Å²) in [6.07, 6.45) is -10.6. The van der Waals surface area contributed by atoms with Crippen molar-refractivity contribution in [3.8, 4) is 11.1 Å². The smallest absolute Gasteiger partial charge is 0.433 e. The van der Waals surface area contributed by atoms with E-state index in [2.05, 4.69) is 10.3 Å². The Morgan fingerprint density at radius 3 is 2.06 bits per heavy atom.